The summed E-state index contributed by atoms with van der Waals surface area (Å²) in [4.78, 5) is 2.28. The van der Waals surface area contributed by atoms with Gasteiger partial charge in [-0.25, -0.2) is 0 Å². The van der Waals surface area contributed by atoms with Crippen molar-refractivity contribution in [2.75, 3.05) is 18.0 Å². The third-order valence-electron chi connectivity index (χ3n) is 2.96. The minimum Gasteiger partial charge on any atom is -0.389 e. The molecule has 0 aliphatic heterocycles. The van der Waals surface area contributed by atoms with E-state index in [0.29, 0.717) is 0 Å². The fraction of sp³-hybridized carbons (Fsp3) is 0.571. The van der Waals surface area contributed by atoms with Gasteiger partial charge in [-0.3, -0.25) is 0 Å². The highest BCUT2D eigenvalue weighted by molar-refractivity contribution is 6.33. The van der Waals surface area contributed by atoms with E-state index < -0.39 is 6.10 Å². The SMILES string of the molecule is CCCCN(CC)c1ccc([C@H](C)O)cc1Cl. The minimum atomic E-state index is -0.465. The Morgan fingerprint density at radius 2 is 2.06 bits per heavy atom. The van der Waals surface area contributed by atoms with Crippen LogP contribution in [0.25, 0.3) is 0 Å². The average molecular weight is 256 g/mol. The van der Waals surface area contributed by atoms with Gasteiger partial charge in [0.15, 0.2) is 0 Å². The lowest BCUT2D eigenvalue weighted by Gasteiger charge is -2.24. The first-order chi connectivity index (χ1) is 8.10. The first-order valence-corrected chi connectivity index (χ1v) is 6.70. The lowest BCUT2D eigenvalue weighted by molar-refractivity contribution is 0.199. The number of unbranched alkanes of at least 4 members (excludes halogenated alkanes) is 1. The van der Waals surface area contributed by atoms with E-state index in [1.165, 1.54) is 12.8 Å². The molecule has 0 fully saturated rings. The van der Waals surface area contributed by atoms with Crippen molar-refractivity contribution >= 4 is 17.3 Å². The summed E-state index contributed by atoms with van der Waals surface area (Å²) in [5.74, 6) is 0. The predicted molar refractivity (Wildman–Crippen MR) is 74.9 cm³/mol. The van der Waals surface area contributed by atoms with E-state index in [9.17, 15) is 5.11 Å². The van der Waals surface area contributed by atoms with Crippen LogP contribution in [0, 0.1) is 0 Å². The fourth-order valence-corrected chi connectivity index (χ4v) is 2.15. The van der Waals surface area contributed by atoms with E-state index in [1.54, 1.807) is 6.92 Å². The summed E-state index contributed by atoms with van der Waals surface area (Å²) in [6, 6.07) is 5.81. The van der Waals surface area contributed by atoms with Gasteiger partial charge in [0.2, 0.25) is 0 Å². The normalized spacial score (nSPS) is 12.5. The molecule has 1 aromatic carbocycles. The monoisotopic (exact) mass is 255 g/mol. The van der Waals surface area contributed by atoms with E-state index >= 15 is 0 Å². The summed E-state index contributed by atoms with van der Waals surface area (Å²) in [7, 11) is 0. The Morgan fingerprint density at radius 3 is 2.53 bits per heavy atom. The van der Waals surface area contributed by atoms with Crippen LogP contribution in [0.4, 0.5) is 5.69 Å². The van der Waals surface area contributed by atoms with E-state index in [4.69, 9.17) is 11.6 Å². The first-order valence-electron chi connectivity index (χ1n) is 6.32. The number of hydrogen-bond donors (Lipinski definition) is 1. The third kappa shape index (κ3) is 3.90. The summed E-state index contributed by atoms with van der Waals surface area (Å²) in [6.45, 7) is 8.05. The lowest BCUT2D eigenvalue weighted by Crippen LogP contribution is -2.24. The van der Waals surface area contributed by atoms with E-state index in [-0.39, 0.29) is 0 Å². The number of rotatable bonds is 6. The number of halogens is 1. The molecule has 0 spiro atoms. The maximum Gasteiger partial charge on any atom is 0.0762 e. The summed E-state index contributed by atoms with van der Waals surface area (Å²) < 4.78 is 0. The van der Waals surface area contributed by atoms with E-state index in [1.807, 2.05) is 18.2 Å². The zero-order valence-electron chi connectivity index (χ0n) is 10.9. The topological polar surface area (TPSA) is 23.5 Å². The van der Waals surface area contributed by atoms with Crippen molar-refractivity contribution in [3.63, 3.8) is 0 Å². The summed E-state index contributed by atoms with van der Waals surface area (Å²) in [6.07, 6.45) is 1.88. The van der Waals surface area contributed by atoms with Crippen molar-refractivity contribution in [2.45, 2.75) is 39.7 Å². The van der Waals surface area contributed by atoms with Gasteiger partial charge >= 0.3 is 0 Å². The van der Waals surface area contributed by atoms with Gasteiger partial charge in [-0.1, -0.05) is 31.0 Å². The zero-order valence-corrected chi connectivity index (χ0v) is 11.7. The van der Waals surface area contributed by atoms with Crippen molar-refractivity contribution in [2.24, 2.45) is 0 Å². The van der Waals surface area contributed by atoms with Crippen molar-refractivity contribution < 1.29 is 5.11 Å². The van der Waals surface area contributed by atoms with Gasteiger partial charge in [0.1, 0.15) is 0 Å². The number of aliphatic hydroxyl groups excluding tert-OH is 1. The van der Waals surface area contributed by atoms with Crippen LogP contribution in [0.15, 0.2) is 18.2 Å². The standard InChI is InChI=1S/C14H22ClNO/c1-4-6-9-16(5-2)14-8-7-12(11(3)17)10-13(14)15/h7-8,10-11,17H,4-6,9H2,1-3H3/t11-/m0/s1. The Balaban J connectivity index is 2.88. The van der Waals surface area contributed by atoms with Crippen LogP contribution in [0.5, 0.6) is 0 Å². The van der Waals surface area contributed by atoms with Gasteiger partial charge in [0.25, 0.3) is 0 Å². The average Bonchev–Trinajstić information content (AvgIpc) is 2.31. The molecule has 1 aromatic rings. The van der Waals surface area contributed by atoms with Crippen LogP contribution in [0.3, 0.4) is 0 Å². The van der Waals surface area contributed by atoms with Crippen molar-refractivity contribution in [3.05, 3.63) is 28.8 Å². The summed E-state index contributed by atoms with van der Waals surface area (Å²) >= 11 is 6.27. The molecule has 0 unspecified atom stereocenters. The van der Waals surface area contributed by atoms with Gasteiger partial charge < -0.3 is 10.0 Å². The Hall–Kier alpha value is -0.730. The van der Waals surface area contributed by atoms with E-state index in [2.05, 4.69) is 18.7 Å². The van der Waals surface area contributed by atoms with Gasteiger partial charge in [0, 0.05) is 13.1 Å². The summed E-state index contributed by atoms with van der Waals surface area (Å²) in [5.41, 5.74) is 1.93. The Bertz CT molecular complexity index is 352. The molecule has 0 saturated heterocycles. The second-order valence-electron chi connectivity index (χ2n) is 4.32. The highest BCUT2D eigenvalue weighted by atomic mass is 35.5. The molecule has 1 N–H and O–H groups in total. The number of anilines is 1. The third-order valence-corrected chi connectivity index (χ3v) is 3.26. The second-order valence-corrected chi connectivity index (χ2v) is 4.73. The quantitative estimate of drug-likeness (QED) is 0.830. The molecule has 1 atom stereocenters. The molecule has 0 aliphatic carbocycles. The second kappa shape index (κ2) is 6.87. The number of benzene rings is 1. The van der Waals surface area contributed by atoms with Gasteiger partial charge in [0.05, 0.1) is 16.8 Å². The molecular formula is C14H22ClNO. The maximum absolute atomic E-state index is 9.50. The molecule has 0 heterocycles. The summed E-state index contributed by atoms with van der Waals surface area (Å²) in [5, 5.41) is 10.2. The van der Waals surface area contributed by atoms with Crippen molar-refractivity contribution in [1.29, 1.82) is 0 Å². The minimum absolute atomic E-state index is 0.465. The maximum atomic E-state index is 9.50. The van der Waals surface area contributed by atoms with Crippen molar-refractivity contribution in [1.82, 2.24) is 0 Å². The number of nitrogens with zero attached hydrogens (tertiary/aromatic N) is 1. The van der Waals surface area contributed by atoms with E-state index in [0.717, 1.165) is 29.4 Å². The van der Waals surface area contributed by atoms with Crippen LogP contribution in [0.2, 0.25) is 5.02 Å². The lowest BCUT2D eigenvalue weighted by atomic mass is 10.1. The molecule has 1 rings (SSSR count). The van der Waals surface area contributed by atoms with Gasteiger partial charge in [-0.05, 0) is 38.0 Å². The Labute approximate surface area is 109 Å². The van der Waals surface area contributed by atoms with Gasteiger partial charge in [-0.2, -0.15) is 0 Å². The molecule has 0 radical (unpaired) electrons. The van der Waals surface area contributed by atoms with Crippen LogP contribution >= 0.6 is 11.6 Å². The van der Waals surface area contributed by atoms with Crippen LogP contribution in [0.1, 0.15) is 45.3 Å². The zero-order chi connectivity index (χ0) is 12.8. The molecule has 17 heavy (non-hydrogen) atoms. The Morgan fingerprint density at radius 1 is 1.35 bits per heavy atom. The molecule has 0 amide bonds. The highest BCUT2D eigenvalue weighted by Gasteiger charge is 2.10. The number of hydrogen-bond acceptors (Lipinski definition) is 2. The van der Waals surface area contributed by atoms with Crippen LogP contribution in [-0.4, -0.2) is 18.2 Å². The molecule has 2 nitrogen and oxygen atoms in total. The molecular weight excluding hydrogens is 234 g/mol. The molecule has 0 aliphatic rings. The smallest absolute Gasteiger partial charge is 0.0762 e. The number of aliphatic hydroxyl groups is 1. The molecule has 0 aromatic heterocycles. The van der Waals surface area contributed by atoms with Crippen molar-refractivity contribution in [3.8, 4) is 0 Å². The molecule has 0 bridgehead atoms. The first kappa shape index (κ1) is 14.3. The van der Waals surface area contributed by atoms with Crippen LogP contribution < -0.4 is 4.90 Å². The Kier molecular flexibility index (Phi) is 5.79. The van der Waals surface area contributed by atoms with Crippen LogP contribution in [-0.2, 0) is 0 Å². The molecule has 3 heteroatoms. The molecule has 0 saturated carbocycles. The largest absolute Gasteiger partial charge is 0.389 e. The highest BCUT2D eigenvalue weighted by Crippen LogP contribution is 2.29. The molecule has 96 valence electrons. The van der Waals surface area contributed by atoms with Gasteiger partial charge in [-0.15, -0.1) is 0 Å². The predicted octanol–water partition coefficient (Wildman–Crippen LogP) is 4.02. The fourth-order valence-electron chi connectivity index (χ4n) is 1.84.